The number of nitrogens with zero attached hydrogens (tertiary/aromatic N) is 5. The van der Waals surface area contributed by atoms with E-state index in [1.165, 1.54) is 4.90 Å². The van der Waals surface area contributed by atoms with Crippen molar-refractivity contribution in [3.8, 4) is 6.07 Å². The number of likely N-dealkylation sites (tertiary alicyclic amines) is 1. The molecule has 0 atom stereocenters. The van der Waals surface area contributed by atoms with E-state index in [1.807, 2.05) is 29.7 Å². The van der Waals surface area contributed by atoms with Crippen LogP contribution < -0.4 is 10.9 Å². The lowest BCUT2D eigenvalue weighted by molar-refractivity contribution is 0.0771. The Morgan fingerprint density at radius 3 is 2.58 bits per heavy atom. The summed E-state index contributed by atoms with van der Waals surface area (Å²) in [5.74, 6) is 2.24. The number of carboxylic acid groups (broad SMARTS) is 1. The van der Waals surface area contributed by atoms with Crippen molar-refractivity contribution in [2.24, 2.45) is 0 Å². The lowest BCUT2D eigenvalue weighted by atomic mass is 9.85. The number of hydrogen-bond donors (Lipinski definition) is 3. The van der Waals surface area contributed by atoms with Gasteiger partial charge in [-0.3, -0.25) is 14.3 Å². The number of fused-ring (bicyclic) bond motifs is 1. The van der Waals surface area contributed by atoms with Crippen LogP contribution >= 0.6 is 11.8 Å². The second kappa shape index (κ2) is 10.4. The van der Waals surface area contributed by atoms with Crippen LogP contribution in [-0.2, 0) is 5.54 Å². The van der Waals surface area contributed by atoms with Crippen molar-refractivity contribution in [1.82, 2.24) is 24.6 Å². The number of thioether (sulfide) groups is 1. The highest BCUT2D eigenvalue weighted by atomic mass is 32.2. The van der Waals surface area contributed by atoms with E-state index in [9.17, 15) is 24.8 Å². The third-order valence-corrected chi connectivity index (χ3v) is 8.39. The van der Waals surface area contributed by atoms with Gasteiger partial charge < -0.3 is 25.2 Å². The minimum atomic E-state index is -0.990. The molecule has 2 fully saturated rings. The third-order valence-electron chi connectivity index (χ3n) is 7.44. The highest BCUT2D eigenvalue weighted by Gasteiger charge is 2.40. The summed E-state index contributed by atoms with van der Waals surface area (Å²) in [5.41, 5.74) is 1.65. The summed E-state index contributed by atoms with van der Waals surface area (Å²) in [6, 6.07) is 9.46. The Balaban J connectivity index is 1.49. The molecule has 2 aromatic heterocycles. The topological polar surface area (TPSA) is 147 Å². The van der Waals surface area contributed by atoms with Gasteiger partial charge >= 0.3 is 6.09 Å². The number of piperidine rings is 1. The molecule has 0 unspecified atom stereocenters. The fourth-order valence-electron chi connectivity index (χ4n) is 5.31. The number of nitrogens with one attached hydrogen (secondary N) is 2. The van der Waals surface area contributed by atoms with E-state index in [1.54, 1.807) is 29.1 Å². The van der Waals surface area contributed by atoms with E-state index >= 15 is 0 Å². The van der Waals surface area contributed by atoms with Gasteiger partial charge in [-0.15, -0.1) is 0 Å². The molecule has 2 aliphatic rings. The largest absolute Gasteiger partial charge is 0.465 e. The number of aromatic nitrogens is 3. The zero-order valence-electron chi connectivity index (χ0n) is 21.1. The molecule has 11 nitrogen and oxygen atoms in total. The number of H-pyrrole nitrogens is 1. The number of carbonyl (C=O) groups is 2. The molecule has 0 spiro atoms. The van der Waals surface area contributed by atoms with Crippen LogP contribution in [0.1, 0.15) is 35.2 Å². The molecule has 5 rings (SSSR count). The second-order valence-electron chi connectivity index (χ2n) is 9.72. The van der Waals surface area contributed by atoms with Crippen molar-refractivity contribution in [2.45, 2.75) is 31.7 Å². The summed E-state index contributed by atoms with van der Waals surface area (Å²) in [4.78, 5) is 43.3. The predicted molar refractivity (Wildman–Crippen MR) is 145 cm³/mol. The van der Waals surface area contributed by atoms with Crippen LogP contribution in [0.5, 0.6) is 0 Å². The Morgan fingerprint density at radius 1 is 1.18 bits per heavy atom. The highest BCUT2D eigenvalue weighted by Crippen LogP contribution is 2.37. The molecular formula is C26H29N7O4S. The summed E-state index contributed by atoms with van der Waals surface area (Å²) < 4.78 is 1.72. The summed E-state index contributed by atoms with van der Waals surface area (Å²) in [5, 5.41) is 27.4. The van der Waals surface area contributed by atoms with Crippen LogP contribution in [0.15, 0.2) is 35.3 Å². The zero-order chi connectivity index (χ0) is 26.9. The maximum absolute atomic E-state index is 13.0. The summed E-state index contributed by atoms with van der Waals surface area (Å²) in [6.45, 7) is 3.91. The second-order valence-corrected chi connectivity index (χ2v) is 10.9. The van der Waals surface area contributed by atoms with Gasteiger partial charge in [-0.1, -0.05) is 0 Å². The smallest absolute Gasteiger partial charge is 0.407 e. The molecule has 38 heavy (non-hydrogen) atoms. The van der Waals surface area contributed by atoms with Crippen molar-refractivity contribution in [3.63, 3.8) is 0 Å². The molecule has 2 amide bonds. The maximum atomic E-state index is 13.0. The predicted octanol–water partition coefficient (Wildman–Crippen LogP) is 3.35. The van der Waals surface area contributed by atoms with Gasteiger partial charge in [-0.05, 0) is 49.6 Å². The third kappa shape index (κ3) is 4.69. The van der Waals surface area contributed by atoms with Crippen LogP contribution in [0.4, 0.5) is 16.3 Å². The van der Waals surface area contributed by atoms with E-state index in [4.69, 9.17) is 5.10 Å². The van der Waals surface area contributed by atoms with Gasteiger partial charge in [0.1, 0.15) is 5.39 Å². The maximum Gasteiger partial charge on any atom is 0.407 e. The molecule has 12 heteroatoms. The van der Waals surface area contributed by atoms with Crippen molar-refractivity contribution in [1.29, 1.82) is 5.26 Å². The molecule has 0 radical (unpaired) electrons. The number of pyridine rings is 1. The van der Waals surface area contributed by atoms with Crippen LogP contribution in [-0.4, -0.2) is 79.4 Å². The molecule has 1 aromatic carbocycles. The molecule has 4 heterocycles. The Bertz CT molecular complexity index is 1480. The van der Waals surface area contributed by atoms with Crippen molar-refractivity contribution in [3.05, 3.63) is 51.9 Å². The average molecular weight is 536 g/mol. The van der Waals surface area contributed by atoms with E-state index in [-0.39, 0.29) is 31.0 Å². The molecule has 2 aliphatic heterocycles. The lowest BCUT2D eigenvalue weighted by Gasteiger charge is -2.40. The molecule has 0 aliphatic carbocycles. The standard InChI is InChI=1S/C26H29N7O4S/c1-17-16-18(2-3-19(17)24(35)31-12-14-38-15-13-31)29-22-21-20(4-9-28-23(21)34)33(30-22)26(5-8-27)6-10-32(11-7-26)25(36)37/h2-4,9,16H,5-7,10-15H2,1H3,(H,28,34)(H,29,30)(H,36,37). The number of carbonyl (C=O) groups excluding carboxylic acids is 1. The number of amides is 2. The van der Waals surface area contributed by atoms with Gasteiger partial charge in [0.25, 0.3) is 11.5 Å². The number of benzene rings is 1. The summed E-state index contributed by atoms with van der Waals surface area (Å²) in [6.07, 6.45) is 1.50. The number of anilines is 2. The van der Waals surface area contributed by atoms with Gasteiger partial charge in [0, 0.05) is 55.1 Å². The van der Waals surface area contributed by atoms with E-state index < -0.39 is 11.6 Å². The first-order valence-electron chi connectivity index (χ1n) is 12.5. The van der Waals surface area contributed by atoms with Gasteiger partial charge in [0.15, 0.2) is 5.82 Å². The van der Waals surface area contributed by atoms with Crippen LogP contribution in [0.3, 0.4) is 0 Å². The number of hydrogen-bond acceptors (Lipinski definition) is 7. The summed E-state index contributed by atoms with van der Waals surface area (Å²) in [7, 11) is 0. The highest BCUT2D eigenvalue weighted by molar-refractivity contribution is 7.99. The van der Waals surface area contributed by atoms with E-state index in [0.717, 1.165) is 30.2 Å². The van der Waals surface area contributed by atoms with Crippen molar-refractivity contribution >= 4 is 46.2 Å². The molecule has 0 saturated carbocycles. The van der Waals surface area contributed by atoms with Gasteiger partial charge in [-0.2, -0.15) is 22.1 Å². The van der Waals surface area contributed by atoms with Gasteiger partial charge in [0.05, 0.1) is 23.5 Å². The molecule has 3 N–H and O–H groups in total. The van der Waals surface area contributed by atoms with Gasteiger partial charge in [-0.25, -0.2) is 4.79 Å². The SMILES string of the molecule is Cc1cc(Nc2nn(C3(CC#N)CCN(C(=O)O)CC3)c3cc[nH]c(=O)c23)ccc1C(=O)N1CCSCC1. The van der Waals surface area contributed by atoms with Gasteiger partial charge in [0.2, 0.25) is 0 Å². The Morgan fingerprint density at radius 2 is 1.92 bits per heavy atom. The molecular weight excluding hydrogens is 506 g/mol. The number of aryl methyl sites for hydroxylation is 1. The number of aromatic amines is 1. The Kier molecular flexibility index (Phi) is 7.03. The fourth-order valence-corrected chi connectivity index (χ4v) is 6.21. The zero-order valence-corrected chi connectivity index (χ0v) is 21.9. The quantitative estimate of drug-likeness (QED) is 0.451. The van der Waals surface area contributed by atoms with E-state index in [0.29, 0.717) is 40.8 Å². The monoisotopic (exact) mass is 535 g/mol. The Hall–Kier alpha value is -3.98. The molecule has 3 aromatic rings. The van der Waals surface area contributed by atoms with Crippen LogP contribution in [0, 0.1) is 18.3 Å². The number of nitriles is 1. The minimum absolute atomic E-state index is 0.0201. The van der Waals surface area contributed by atoms with Crippen molar-refractivity contribution in [2.75, 3.05) is 43.0 Å². The molecule has 2 saturated heterocycles. The van der Waals surface area contributed by atoms with E-state index in [2.05, 4.69) is 16.4 Å². The van der Waals surface area contributed by atoms with Crippen molar-refractivity contribution < 1.29 is 14.7 Å². The first-order chi connectivity index (χ1) is 18.3. The normalized spacial score (nSPS) is 17.3. The molecule has 0 bridgehead atoms. The first kappa shape index (κ1) is 25.7. The Labute approximate surface area is 223 Å². The van der Waals surface area contributed by atoms with Crippen LogP contribution in [0.25, 0.3) is 10.9 Å². The fraction of sp³-hybridized carbons (Fsp3) is 0.423. The average Bonchev–Trinajstić information content (AvgIpc) is 3.29. The van der Waals surface area contributed by atoms with Crippen LogP contribution in [0.2, 0.25) is 0 Å². The summed E-state index contributed by atoms with van der Waals surface area (Å²) >= 11 is 1.85. The minimum Gasteiger partial charge on any atom is -0.465 e. The number of rotatable bonds is 5. The first-order valence-corrected chi connectivity index (χ1v) is 13.7. The lowest BCUT2D eigenvalue weighted by Crippen LogP contribution is -2.48. The molecule has 198 valence electrons.